The Morgan fingerprint density at radius 2 is 2.22 bits per heavy atom. The van der Waals surface area contributed by atoms with Crippen LogP contribution in [0.2, 0.25) is 0 Å². The van der Waals surface area contributed by atoms with Gasteiger partial charge < -0.3 is 9.64 Å². The lowest BCUT2D eigenvalue weighted by Gasteiger charge is -2.29. The molecule has 0 saturated carbocycles. The zero-order valence-electron chi connectivity index (χ0n) is 16.0. The first-order valence-corrected chi connectivity index (χ1v) is 9.59. The van der Waals surface area contributed by atoms with Gasteiger partial charge in [0.1, 0.15) is 11.6 Å². The van der Waals surface area contributed by atoms with E-state index in [4.69, 9.17) is 9.72 Å². The second-order valence-electron chi connectivity index (χ2n) is 7.43. The third kappa shape index (κ3) is 3.81. The van der Waals surface area contributed by atoms with Gasteiger partial charge in [0.05, 0.1) is 25.3 Å². The highest BCUT2D eigenvalue weighted by Gasteiger charge is 2.27. The molecule has 1 atom stereocenters. The van der Waals surface area contributed by atoms with Crippen LogP contribution in [0.4, 0.5) is 0 Å². The molecule has 2 aromatic rings. The summed E-state index contributed by atoms with van der Waals surface area (Å²) in [4.78, 5) is 26.4. The van der Waals surface area contributed by atoms with Gasteiger partial charge in [0.15, 0.2) is 0 Å². The first-order chi connectivity index (χ1) is 13.1. The minimum atomic E-state index is 0.133. The molecule has 0 spiro atoms. The van der Waals surface area contributed by atoms with E-state index in [9.17, 15) is 4.79 Å². The number of likely N-dealkylation sites (tertiary alicyclic amines) is 1. The number of fused-ring (bicyclic) bond motifs is 1. The third-order valence-electron chi connectivity index (χ3n) is 5.61. The number of benzene rings is 1. The molecular formula is C21H26N4O2. The SMILES string of the molecule is COc1cccc(CC(=O)N2CCc3nc(C4CCCN4C)ncc3C2)c1. The largest absolute Gasteiger partial charge is 0.497 e. The van der Waals surface area contributed by atoms with Gasteiger partial charge in [-0.25, -0.2) is 9.97 Å². The lowest BCUT2D eigenvalue weighted by Crippen LogP contribution is -2.37. The van der Waals surface area contributed by atoms with Crippen LogP contribution < -0.4 is 4.74 Å². The maximum atomic E-state index is 12.7. The molecule has 1 unspecified atom stereocenters. The van der Waals surface area contributed by atoms with Gasteiger partial charge >= 0.3 is 0 Å². The summed E-state index contributed by atoms with van der Waals surface area (Å²) in [6, 6.07) is 8.03. The van der Waals surface area contributed by atoms with Crippen molar-refractivity contribution in [1.29, 1.82) is 0 Å². The van der Waals surface area contributed by atoms with Crippen LogP contribution in [-0.2, 0) is 24.2 Å². The van der Waals surface area contributed by atoms with E-state index in [0.717, 1.165) is 47.8 Å². The molecular weight excluding hydrogens is 340 g/mol. The summed E-state index contributed by atoms with van der Waals surface area (Å²) in [6.45, 7) is 2.42. The molecule has 1 saturated heterocycles. The van der Waals surface area contributed by atoms with Crippen molar-refractivity contribution in [2.24, 2.45) is 0 Å². The number of ether oxygens (including phenoxy) is 1. The van der Waals surface area contributed by atoms with Gasteiger partial charge in [-0.2, -0.15) is 0 Å². The number of aromatic nitrogens is 2. The van der Waals surface area contributed by atoms with E-state index in [0.29, 0.717) is 25.6 Å². The summed E-state index contributed by atoms with van der Waals surface area (Å²) in [5.74, 6) is 1.85. The van der Waals surface area contributed by atoms with Crippen LogP contribution in [0.3, 0.4) is 0 Å². The van der Waals surface area contributed by atoms with Crippen LogP contribution in [0, 0.1) is 0 Å². The summed E-state index contributed by atoms with van der Waals surface area (Å²) in [7, 11) is 3.78. The summed E-state index contributed by atoms with van der Waals surface area (Å²) in [5, 5.41) is 0. The van der Waals surface area contributed by atoms with E-state index in [-0.39, 0.29) is 5.91 Å². The predicted molar refractivity (Wildman–Crippen MR) is 102 cm³/mol. The summed E-state index contributed by atoms with van der Waals surface area (Å²) >= 11 is 0. The van der Waals surface area contributed by atoms with E-state index in [1.54, 1.807) is 7.11 Å². The van der Waals surface area contributed by atoms with Crippen molar-refractivity contribution in [2.45, 2.75) is 38.3 Å². The molecule has 0 bridgehead atoms. The summed E-state index contributed by atoms with van der Waals surface area (Å²) in [5.41, 5.74) is 3.15. The Morgan fingerprint density at radius 3 is 3.00 bits per heavy atom. The molecule has 1 aromatic heterocycles. The quantitative estimate of drug-likeness (QED) is 0.832. The fourth-order valence-electron chi connectivity index (χ4n) is 4.01. The lowest BCUT2D eigenvalue weighted by atomic mass is 10.0. The number of hydrogen-bond acceptors (Lipinski definition) is 5. The molecule has 1 aromatic carbocycles. The maximum Gasteiger partial charge on any atom is 0.227 e. The Hall–Kier alpha value is -2.47. The van der Waals surface area contributed by atoms with Crippen LogP contribution in [0.15, 0.2) is 30.5 Å². The van der Waals surface area contributed by atoms with E-state index in [2.05, 4.69) is 16.9 Å². The highest BCUT2D eigenvalue weighted by molar-refractivity contribution is 5.79. The molecule has 6 nitrogen and oxygen atoms in total. The smallest absolute Gasteiger partial charge is 0.227 e. The van der Waals surface area contributed by atoms with Gasteiger partial charge in [-0.1, -0.05) is 12.1 Å². The Morgan fingerprint density at radius 1 is 1.33 bits per heavy atom. The maximum absolute atomic E-state index is 12.7. The van der Waals surface area contributed by atoms with Crippen LogP contribution in [0.5, 0.6) is 5.75 Å². The normalized spacial score (nSPS) is 19.8. The first-order valence-electron chi connectivity index (χ1n) is 9.59. The van der Waals surface area contributed by atoms with Crippen molar-refractivity contribution in [3.8, 4) is 5.75 Å². The molecule has 1 fully saturated rings. The first kappa shape index (κ1) is 17.9. The van der Waals surface area contributed by atoms with Gasteiger partial charge in [0.2, 0.25) is 5.91 Å². The highest BCUT2D eigenvalue weighted by atomic mass is 16.5. The second kappa shape index (κ2) is 7.64. The zero-order chi connectivity index (χ0) is 18.8. The zero-order valence-corrected chi connectivity index (χ0v) is 16.0. The van der Waals surface area contributed by atoms with E-state index >= 15 is 0 Å². The molecule has 4 rings (SSSR count). The number of rotatable bonds is 4. The monoisotopic (exact) mass is 366 g/mol. The standard InChI is InChI=1S/C21H26N4O2/c1-24-9-4-7-19(24)21-22-13-16-14-25(10-8-18(16)23-21)20(26)12-15-5-3-6-17(11-15)27-2/h3,5-6,11,13,19H,4,7-10,12,14H2,1-2H3. The topological polar surface area (TPSA) is 58.6 Å². The van der Waals surface area contributed by atoms with Gasteiger partial charge in [0, 0.05) is 31.3 Å². The molecule has 0 aliphatic carbocycles. The van der Waals surface area contributed by atoms with E-state index in [1.165, 1.54) is 6.42 Å². The van der Waals surface area contributed by atoms with Gasteiger partial charge in [-0.3, -0.25) is 9.69 Å². The van der Waals surface area contributed by atoms with Crippen LogP contribution in [0.25, 0.3) is 0 Å². The van der Waals surface area contributed by atoms with Crippen molar-refractivity contribution in [3.05, 3.63) is 53.1 Å². The van der Waals surface area contributed by atoms with Crippen LogP contribution in [0.1, 0.15) is 41.5 Å². The third-order valence-corrected chi connectivity index (χ3v) is 5.61. The molecule has 0 N–H and O–H groups in total. The highest BCUT2D eigenvalue weighted by Crippen LogP contribution is 2.29. The van der Waals surface area contributed by atoms with Crippen molar-refractivity contribution >= 4 is 5.91 Å². The molecule has 142 valence electrons. The molecule has 1 amide bonds. The van der Waals surface area contributed by atoms with Gasteiger partial charge in [0.25, 0.3) is 0 Å². The van der Waals surface area contributed by atoms with Crippen molar-refractivity contribution in [3.63, 3.8) is 0 Å². The molecule has 6 heteroatoms. The summed E-state index contributed by atoms with van der Waals surface area (Å²) < 4.78 is 5.24. The Balaban J connectivity index is 1.44. The minimum Gasteiger partial charge on any atom is -0.497 e. The average Bonchev–Trinajstić information content (AvgIpc) is 3.13. The number of hydrogen-bond donors (Lipinski definition) is 0. The lowest BCUT2D eigenvalue weighted by molar-refractivity contribution is -0.131. The van der Waals surface area contributed by atoms with Gasteiger partial charge in [-0.15, -0.1) is 0 Å². The Bertz CT molecular complexity index is 839. The van der Waals surface area contributed by atoms with E-state index in [1.807, 2.05) is 35.4 Å². The fraction of sp³-hybridized carbons (Fsp3) is 0.476. The van der Waals surface area contributed by atoms with Gasteiger partial charge in [-0.05, 0) is 44.1 Å². The second-order valence-corrected chi connectivity index (χ2v) is 7.43. The molecule has 2 aliphatic rings. The number of nitrogens with zero attached hydrogens (tertiary/aromatic N) is 4. The van der Waals surface area contributed by atoms with Crippen LogP contribution in [-0.4, -0.2) is 52.9 Å². The molecule has 3 heterocycles. The number of amides is 1. The Kier molecular flexibility index (Phi) is 5.07. The predicted octanol–water partition coefficient (Wildman–Crippen LogP) is 2.38. The van der Waals surface area contributed by atoms with Crippen LogP contribution >= 0.6 is 0 Å². The number of carbonyl (C=O) groups is 1. The molecule has 27 heavy (non-hydrogen) atoms. The fourth-order valence-corrected chi connectivity index (χ4v) is 4.01. The molecule has 0 radical (unpaired) electrons. The minimum absolute atomic E-state index is 0.133. The van der Waals surface area contributed by atoms with E-state index < -0.39 is 0 Å². The number of methoxy groups -OCH3 is 1. The van der Waals surface area contributed by atoms with Crippen molar-refractivity contribution in [2.75, 3.05) is 27.2 Å². The van der Waals surface area contributed by atoms with Crippen molar-refractivity contribution in [1.82, 2.24) is 19.8 Å². The molecule has 2 aliphatic heterocycles. The average molecular weight is 366 g/mol. The van der Waals surface area contributed by atoms with Crippen molar-refractivity contribution < 1.29 is 9.53 Å². The number of carbonyl (C=O) groups excluding carboxylic acids is 1. The summed E-state index contributed by atoms with van der Waals surface area (Å²) in [6.07, 6.45) is 5.44. The Labute approximate surface area is 160 Å².